The predicted octanol–water partition coefficient (Wildman–Crippen LogP) is 4.12. The van der Waals surface area contributed by atoms with E-state index in [1.165, 1.54) is 18.2 Å². The van der Waals surface area contributed by atoms with E-state index in [1.807, 2.05) is 30.3 Å². The van der Waals surface area contributed by atoms with Gasteiger partial charge in [0.25, 0.3) is 5.91 Å². The summed E-state index contributed by atoms with van der Waals surface area (Å²) in [6, 6.07) is 13.0. The van der Waals surface area contributed by atoms with Gasteiger partial charge in [0, 0.05) is 37.3 Å². The van der Waals surface area contributed by atoms with Crippen molar-refractivity contribution in [2.24, 2.45) is 5.16 Å². The number of carbonyl (C=O) groups is 2. The largest absolute Gasteiger partial charge is 0.386 e. The minimum absolute atomic E-state index is 0.0768. The van der Waals surface area contributed by atoms with Crippen LogP contribution in [0.4, 0.5) is 20.6 Å². The first kappa shape index (κ1) is 20.6. The molecule has 0 spiro atoms. The molecule has 1 heterocycles. The van der Waals surface area contributed by atoms with Gasteiger partial charge in [0.15, 0.2) is 6.61 Å². The van der Waals surface area contributed by atoms with E-state index < -0.39 is 11.7 Å². The summed E-state index contributed by atoms with van der Waals surface area (Å²) in [4.78, 5) is 30.9. The SMILES string of the molecule is O=C(CON=C1CCN(C(=O)Nc2ccccc2)CC1)Nc1ccc(F)c(Cl)c1. The van der Waals surface area contributed by atoms with Crippen molar-refractivity contribution < 1.29 is 18.8 Å². The Kier molecular flexibility index (Phi) is 7.02. The summed E-state index contributed by atoms with van der Waals surface area (Å²) in [5.74, 6) is -0.993. The fourth-order valence-electron chi connectivity index (χ4n) is 2.74. The van der Waals surface area contributed by atoms with Crippen LogP contribution in [0, 0.1) is 5.82 Å². The molecule has 0 aliphatic carbocycles. The Morgan fingerprint density at radius 3 is 2.48 bits per heavy atom. The molecule has 1 aliphatic heterocycles. The van der Waals surface area contributed by atoms with Crippen molar-refractivity contribution in [2.45, 2.75) is 12.8 Å². The average Bonchev–Trinajstić information content (AvgIpc) is 2.72. The fraction of sp³-hybridized carbons (Fsp3) is 0.250. The smallest absolute Gasteiger partial charge is 0.321 e. The van der Waals surface area contributed by atoms with Gasteiger partial charge in [0.1, 0.15) is 5.82 Å². The third-order valence-corrected chi connectivity index (χ3v) is 4.54. The van der Waals surface area contributed by atoms with E-state index in [2.05, 4.69) is 15.8 Å². The lowest BCUT2D eigenvalue weighted by Gasteiger charge is -2.27. The third kappa shape index (κ3) is 6.18. The highest BCUT2D eigenvalue weighted by Crippen LogP contribution is 2.19. The van der Waals surface area contributed by atoms with Crippen LogP contribution < -0.4 is 10.6 Å². The van der Waals surface area contributed by atoms with Crippen molar-refractivity contribution in [3.63, 3.8) is 0 Å². The summed E-state index contributed by atoms with van der Waals surface area (Å²) in [5.41, 5.74) is 1.90. The number of hydrogen-bond donors (Lipinski definition) is 2. The van der Waals surface area contributed by atoms with Crippen LogP contribution in [0.1, 0.15) is 12.8 Å². The number of nitrogens with one attached hydrogen (secondary N) is 2. The molecule has 7 nitrogen and oxygen atoms in total. The highest BCUT2D eigenvalue weighted by atomic mass is 35.5. The Balaban J connectivity index is 1.39. The van der Waals surface area contributed by atoms with Gasteiger partial charge in [0.05, 0.1) is 10.7 Å². The Labute approximate surface area is 172 Å². The number of rotatable bonds is 5. The molecule has 2 aromatic rings. The topological polar surface area (TPSA) is 83.0 Å². The number of amides is 3. The molecule has 1 aliphatic rings. The van der Waals surface area contributed by atoms with E-state index in [-0.39, 0.29) is 17.7 Å². The molecule has 0 bridgehead atoms. The molecule has 0 saturated carbocycles. The summed E-state index contributed by atoms with van der Waals surface area (Å²) in [5, 5.41) is 9.30. The number of hydrogen-bond acceptors (Lipinski definition) is 4. The Morgan fingerprint density at radius 2 is 1.79 bits per heavy atom. The number of para-hydroxylation sites is 1. The van der Waals surface area contributed by atoms with Gasteiger partial charge in [0.2, 0.25) is 0 Å². The van der Waals surface area contributed by atoms with Crippen molar-refractivity contribution in [3.05, 3.63) is 59.4 Å². The van der Waals surface area contributed by atoms with Crippen LogP contribution in [-0.2, 0) is 9.63 Å². The van der Waals surface area contributed by atoms with Crippen molar-refractivity contribution in [1.82, 2.24) is 4.90 Å². The lowest BCUT2D eigenvalue weighted by molar-refractivity contribution is -0.120. The zero-order chi connectivity index (χ0) is 20.6. The van der Waals surface area contributed by atoms with Gasteiger partial charge < -0.3 is 20.4 Å². The van der Waals surface area contributed by atoms with Gasteiger partial charge in [-0.2, -0.15) is 0 Å². The molecule has 9 heteroatoms. The molecule has 2 N–H and O–H groups in total. The van der Waals surface area contributed by atoms with Crippen LogP contribution in [0.5, 0.6) is 0 Å². The fourth-order valence-corrected chi connectivity index (χ4v) is 2.92. The maximum Gasteiger partial charge on any atom is 0.321 e. The molecule has 0 aromatic heterocycles. The van der Waals surface area contributed by atoms with Crippen LogP contribution in [0.2, 0.25) is 5.02 Å². The third-order valence-electron chi connectivity index (χ3n) is 4.25. The number of oxime groups is 1. The van der Waals surface area contributed by atoms with Crippen LogP contribution in [-0.4, -0.2) is 42.2 Å². The van der Waals surface area contributed by atoms with Gasteiger partial charge in [-0.05, 0) is 30.3 Å². The number of benzene rings is 2. The number of likely N-dealkylation sites (tertiary alicyclic amines) is 1. The van der Waals surface area contributed by atoms with Crippen LogP contribution in [0.15, 0.2) is 53.7 Å². The first-order valence-corrected chi connectivity index (χ1v) is 9.42. The minimum Gasteiger partial charge on any atom is -0.386 e. The van der Waals surface area contributed by atoms with Crippen molar-refractivity contribution in [3.8, 4) is 0 Å². The second kappa shape index (κ2) is 9.88. The quantitative estimate of drug-likeness (QED) is 0.716. The Hall–Kier alpha value is -3.13. The van der Waals surface area contributed by atoms with Gasteiger partial charge >= 0.3 is 6.03 Å². The number of carbonyl (C=O) groups excluding carboxylic acids is 2. The van der Waals surface area contributed by atoms with E-state index >= 15 is 0 Å². The monoisotopic (exact) mass is 418 g/mol. The van der Waals surface area contributed by atoms with E-state index in [0.29, 0.717) is 31.6 Å². The second-order valence-corrected chi connectivity index (χ2v) is 6.80. The van der Waals surface area contributed by atoms with E-state index in [4.69, 9.17) is 16.4 Å². The normalized spacial score (nSPS) is 13.6. The van der Waals surface area contributed by atoms with Gasteiger partial charge in [-0.25, -0.2) is 9.18 Å². The summed E-state index contributed by atoms with van der Waals surface area (Å²) >= 11 is 5.67. The number of piperidine rings is 1. The lowest BCUT2D eigenvalue weighted by Crippen LogP contribution is -2.41. The molecule has 2 aromatic carbocycles. The minimum atomic E-state index is -0.559. The maximum absolute atomic E-state index is 13.1. The summed E-state index contributed by atoms with van der Waals surface area (Å²) in [6.07, 6.45) is 1.13. The van der Waals surface area contributed by atoms with Crippen molar-refractivity contribution in [1.29, 1.82) is 0 Å². The van der Waals surface area contributed by atoms with Gasteiger partial charge in [-0.15, -0.1) is 0 Å². The molecule has 0 atom stereocenters. The lowest BCUT2D eigenvalue weighted by atomic mass is 10.1. The highest BCUT2D eigenvalue weighted by molar-refractivity contribution is 6.31. The molecule has 3 amide bonds. The Bertz CT molecular complexity index is 898. The first-order valence-electron chi connectivity index (χ1n) is 9.05. The molecule has 1 saturated heterocycles. The van der Waals surface area contributed by atoms with Crippen LogP contribution in [0.25, 0.3) is 0 Å². The number of urea groups is 1. The summed E-state index contributed by atoms with van der Waals surface area (Å²) in [6.45, 7) is 0.749. The van der Waals surface area contributed by atoms with E-state index in [1.54, 1.807) is 4.90 Å². The summed E-state index contributed by atoms with van der Waals surface area (Å²) in [7, 11) is 0. The van der Waals surface area contributed by atoms with E-state index in [0.717, 1.165) is 11.4 Å². The molecule has 1 fully saturated rings. The highest BCUT2D eigenvalue weighted by Gasteiger charge is 2.20. The number of nitrogens with zero attached hydrogens (tertiary/aromatic N) is 2. The predicted molar refractivity (Wildman–Crippen MR) is 110 cm³/mol. The zero-order valence-electron chi connectivity index (χ0n) is 15.5. The Morgan fingerprint density at radius 1 is 1.07 bits per heavy atom. The average molecular weight is 419 g/mol. The zero-order valence-corrected chi connectivity index (χ0v) is 16.3. The standard InChI is InChI=1S/C20H20ClFN4O3/c21-17-12-16(6-7-18(17)22)23-19(27)13-29-25-15-8-10-26(11-9-15)20(28)24-14-4-2-1-3-5-14/h1-7,12H,8-11,13H2,(H,23,27)(H,24,28). The number of halogens is 2. The molecule has 29 heavy (non-hydrogen) atoms. The molecular weight excluding hydrogens is 399 g/mol. The molecule has 3 rings (SSSR count). The number of anilines is 2. The molecule has 0 unspecified atom stereocenters. The van der Waals surface area contributed by atoms with E-state index in [9.17, 15) is 14.0 Å². The van der Waals surface area contributed by atoms with Crippen LogP contribution >= 0.6 is 11.6 Å². The molecule has 152 valence electrons. The molecule has 0 radical (unpaired) electrons. The van der Waals surface area contributed by atoms with Crippen LogP contribution in [0.3, 0.4) is 0 Å². The first-order chi connectivity index (χ1) is 14.0. The van der Waals surface area contributed by atoms with Crippen molar-refractivity contribution >= 4 is 40.6 Å². The maximum atomic E-state index is 13.1. The molecular formula is C20H20ClFN4O3. The van der Waals surface area contributed by atoms with Gasteiger partial charge in [-0.1, -0.05) is 35.0 Å². The van der Waals surface area contributed by atoms with Crippen molar-refractivity contribution in [2.75, 3.05) is 30.3 Å². The van der Waals surface area contributed by atoms with Gasteiger partial charge in [-0.3, -0.25) is 4.79 Å². The summed E-state index contributed by atoms with van der Waals surface area (Å²) < 4.78 is 13.1. The second-order valence-electron chi connectivity index (χ2n) is 6.39.